The molecule has 2 nitrogen and oxygen atoms in total. The van der Waals surface area contributed by atoms with Gasteiger partial charge in [-0.15, -0.1) is 0 Å². The molecule has 2 rings (SSSR count). The highest BCUT2D eigenvalue weighted by Gasteiger charge is 2.72. The van der Waals surface area contributed by atoms with E-state index < -0.39 is 28.9 Å². The third-order valence-corrected chi connectivity index (χ3v) is 4.17. The van der Waals surface area contributed by atoms with Crippen molar-refractivity contribution in [3.05, 3.63) is 59.7 Å². The van der Waals surface area contributed by atoms with Gasteiger partial charge in [0.1, 0.15) is 11.5 Å². The van der Waals surface area contributed by atoms with Gasteiger partial charge in [0.2, 0.25) is 5.41 Å². The molecule has 2 aromatic carbocycles. The van der Waals surface area contributed by atoms with E-state index in [-0.39, 0.29) is 23.7 Å². The average Bonchev–Trinajstić information content (AvgIpc) is 2.55. The standard InChI is InChI=1S/C21H22F6O2/c1-13(2)28-17-9-5-15(6-10-17)19(20(22,23)24,21(25,26)27)16-7-11-18(12-8-16)29-14(3)4/h5-14H,1-4H3. The Bertz CT molecular complexity index is 720. The molecule has 0 fully saturated rings. The molecule has 160 valence electrons. The summed E-state index contributed by atoms with van der Waals surface area (Å²) < 4.78 is 95.2. The van der Waals surface area contributed by atoms with Crippen molar-refractivity contribution in [2.75, 3.05) is 0 Å². The molecule has 0 N–H and O–H groups in total. The fourth-order valence-corrected chi connectivity index (χ4v) is 3.09. The molecule has 0 aliphatic rings. The first-order chi connectivity index (χ1) is 13.3. The molecule has 0 amide bonds. The molecule has 2 aromatic rings. The van der Waals surface area contributed by atoms with Gasteiger partial charge in [-0.1, -0.05) is 24.3 Å². The van der Waals surface area contributed by atoms with E-state index in [2.05, 4.69) is 0 Å². The zero-order chi connectivity index (χ0) is 22.0. The van der Waals surface area contributed by atoms with Crippen molar-refractivity contribution >= 4 is 0 Å². The second-order valence-electron chi connectivity index (χ2n) is 7.13. The molecular formula is C21H22F6O2. The van der Waals surface area contributed by atoms with E-state index in [1.807, 2.05) is 0 Å². The highest BCUT2D eigenvalue weighted by molar-refractivity contribution is 5.47. The molecule has 0 aromatic heterocycles. The van der Waals surface area contributed by atoms with Crippen LogP contribution in [0.2, 0.25) is 0 Å². The quantitative estimate of drug-likeness (QED) is 0.486. The van der Waals surface area contributed by atoms with Gasteiger partial charge in [-0.2, -0.15) is 26.3 Å². The highest BCUT2D eigenvalue weighted by Crippen LogP contribution is 2.56. The molecule has 0 spiro atoms. The van der Waals surface area contributed by atoms with E-state index in [1.165, 1.54) is 0 Å². The second-order valence-corrected chi connectivity index (χ2v) is 7.13. The first-order valence-electron chi connectivity index (χ1n) is 8.97. The number of benzene rings is 2. The van der Waals surface area contributed by atoms with E-state index in [9.17, 15) is 26.3 Å². The number of alkyl halides is 6. The fraction of sp³-hybridized carbons (Fsp3) is 0.429. The lowest BCUT2D eigenvalue weighted by molar-refractivity contribution is -0.288. The summed E-state index contributed by atoms with van der Waals surface area (Å²) in [5.74, 6) is 0.366. The number of halogens is 6. The third-order valence-electron chi connectivity index (χ3n) is 4.17. The van der Waals surface area contributed by atoms with Crippen LogP contribution in [0.1, 0.15) is 38.8 Å². The molecule has 0 heterocycles. The molecule has 29 heavy (non-hydrogen) atoms. The molecule has 0 aliphatic heterocycles. The van der Waals surface area contributed by atoms with Crippen LogP contribution in [0.4, 0.5) is 26.3 Å². The molecule has 0 aliphatic carbocycles. The average molecular weight is 420 g/mol. The van der Waals surface area contributed by atoms with Gasteiger partial charge < -0.3 is 9.47 Å². The van der Waals surface area contributed by atoms with Crippen molar-refractivity contribution in [1.29, 1.82) is 0 Å². The number of ether oxygens (including phenoxy) is 2. The van der Waals surface area contributed by atoms with Gasteiger partial charge in [-0.05, 0) is 63.1 Å². The molecule has 8 heteroatoms. The lowest BCUT2D eigenvalue weighted by Gasteiger charge is -2.38. The lowest BCUT2D eigenvalue weighted by atomic mass is 9.73. The molecule has 0 atom stereocenters. The van der Waals surface area contributed by atoms with Gasteiger partial charge >= 0.3 is 12.4 Å². The van der Waals surface area contributed by atoms with Crippen LogP contribution in [0.3, 0.4) is 0 Å². The number of hydrogen-bond donors (Lipinski definition) is 0. The van der Waals surface area contributed by atoms with E-state index in [4.69, 9.17) is 9.47 Å². The number of rotatable bonds is 6. The normalized spacial score (nSPS) is 13.1. The maximum Gasteiger partial charge on any atom is 0.411 e. The van der Waals surface area contributed by atoms with Gasteiger partial charge in [-0.25, -0.2) is 0 Å². The Balaban J connectivity index is 2.66. The minimum atomic E-state index is -5.63. The van der Waals surface area contributed by atoms with Gasteiger partial charge in [0.15, 0.2) is 0 Å². The Morgan fingerprint density at radius 2 is 0.828 bits per heavy atom. The van der Waals surface area contributed by atoms with E-state index in [0.717, 1.165) is 48.5 Å². The summed E-state index contributed by atoms with van der Waals surface area (Å²) in [6.45, 7) is 6.80. The monoisotopic (exact) mass is 420 g/mol. The van der Waals surface area contributed by atoms with E-state index >= 15 is 0 Å². The first kappa shape index (κ1) is 22.9. The molecular weight excluding hydrogens is 398 g/mol. The molecule has 0 unspecified atom stereocenters. The minimum absolute atomic E-state index is 0.183. The SMILES string of the molecule is CC(C)Oc1ccc(C(c2ccc(OC(C)C)cc2)(C(F)(F)F)C(F)(F)F)cc1. The summed E-state index contributed by atoms with van der Waals surface area (Å²) in [7, 11) is 0. The summed E-state index contributed by atoms with van der Waals surface area (Å²) in [5.41, 5.74) is -6.07. The lowest BCUT2D eigenvalue weighted by Crippen LogP contribution is -2.54. The Labute approximate surface area is 165 Å². The van der Waals surface area contributed by atoms with Crippen LogP contribution in [0.25, 0.3) is 0 Å². The molecule has 0 radical (unpaired) electrons. The van der Waals surface area contributed by atoms with Crippen molar-refractivity contribution in [3.8, 4) is 11.5 Å². The van der Waals surface area contributed by atoms with Crippen molar-refractivity contribution in [2.24, 2.45) is 0 Å². The molecule has 0 saturated carbocycles. The molecule has 0 saturated heterocycles. The maximum absolute atomic E-state index is 14.1. The van der Waals surface area contributed by atoms with E-state index in [1.54, 1.807) is 27.7 Å². The van der Waals surface area contributed by atoms with Gasteiger partial charge in [0, 0.05) is 0 Å². The van der Waals surface area contributed by atoms with Crippen LogP contribution in [0.5, 0.6) is 11.5 Å². The fourth-order valence-electron chi connectivity index (χ4n) is 3.09. The van der Waals surface area contributed by atoms with Gasteiger partial charge in [-0.3, -0.25) is 0 Å². The van der Waals surface area contributed by atoms with Crippen molar-refractivity contribution in [2.45, 2.75) is 57.7 Å². The van der Waals surface area contributed by atoms with Gasteiger partial charge in [0.05, 0.1) is 12.2 Å². The van der Waals surface area contributed by atoms with Crippen LogP contribution in [-0.2, 0) is 5.41 Å². The smallest absolute Gasteiger partial charge is 0.411 e. The highest BCUT2D eigenvalue weighted by atomic mass is 19.4. The topological polar surface area (TPSA) is 18.5 Å². The van der Waals surface area contributed by atoms with Crippen LogP contribution >= 0.6 is 0 Å². The predicted molar refractivity (Wildman–Crippen MR) is 97.3 cm³/mol. The predicted octanol–water partition coefficient (Wildman–Crippen LogP) is 6.67. The van der Waals surface area contributed by atoms with E-state index in [0.29, 0.717) is 0 Å². The summed E-state index contributed by atoms with van der Waals surface area (Å²) >= 11 is 0. The summed E-state index contributed by atoms with van der Waals surface area (Å²) in [5, 5.41) is 0. The second kappa shape index (κ2) is 8.16. The summed E-state index contributed by atoms with van der Waals surface area (Å²) in [6, 6.07) is 7.65. The Morgan fingerprint density at radius 1 is 0.552 bits per heavy atom. The minimum Gasteiger partial charge on any atom is -0.491 e. The number of hydrogen-bond acceptors (Lipinski definition) is 2. The van der Waals surface area contributed by atoms with Crippen molar-refractivity contribution in [1.82, 2.24) is 0 Å². The largest absolute Gasteiger partial charge is 0.491 e. The first-order valence-corrected chi connectivity index (χ1v) is 8.97. The summed E-state index contributed by atoms with van der Waals surface area (Å²) in [4.78, 5) is 0. The maximum atomic E-state index is 14.1. The van der Waals surface area contributed by atoms with Crippen LogP contribution in [0, 0.1) is 0 Å². The van der Waals surface area contributed by atoms with Crippen LogP contribution < -0.4 is 9.47 Å². The Morgan fingerprint density at radius 3 is 1.03 bits per heavy atom. The molecule has 0 bridgehead atoms. The van der Waals surface area contributed by atoms with Gasteiger partial charge in [0.25, 0.3) is 0 Å². The van der Waals surface area contributed by atoms with Crippen LogP contribution in [0.15, 0.2) is 48.5 Å². The van der Waals surface area contributed by atoms with Crippen molar-refractivity contribution in [3.63, 3.8) is 0 Å². The third kappa shape index (κ3) is 4.62. The zero-order valence-electron chi connectivity index (χ0n) is 16.4. The Kier molecular flexibility index (Phi) is 6.45. The summed E-state index contributed by atoms with van der Waals surface area (Å²) in [6.07, 6.45) is -11.8. The van der Waals surface area contributed by atoms with Crippen molar-refractivity contribution < 1.29 is 35.8 Å². The zero-order valence-corrected chi connectivity index (χ0v) is 16.4. The Hall–Kier alpha value is -2.38. The van der Waals surface area contributed by atoms with Crippen LogP contribution in [-0.4, -0.2) is 24.6 Å².